The van der Waals surface area contributed by atoms with Crippen molar-refractivity contribution in [2.75, 3.05) is 26.0 Å². The van der Waals surface area contributed by atoms with Gasteiger partial charge in [0.2, 0.25) is 6.16 Å². The summed E-state index contributed by atoms with van der Waals surface area (Å²) in [4.78, 5) is 46.1. The highest BCUT2D eigenvalue weighted by atomic mass is 31.3. The van der Waals surface area contributed by atoms with Gasteiger partial charge in [-0.2, -0.15) is 4.31 Å². The third kappa shape index (κ3) is 11.8. The molecule has 2 fully saturated rings. The number of benzene rings is 3. The Morgan fingerprint density at radius 1 is 0.810 bits per heavy atom. The fourth-order valence-electron chi connectivity index (χ4n) is 6.29. The maximum Gasteiger partial charge on any atom is 0.524 e. The molecule has 0 spiro atoms. The van der Waals surface area contributed by atoms with Crippen molar-refractivity contribution in [1.82, 2.24) is 9.55 Å². The Balaban J connectivity index is 1.11. The summed E-state index contributed by atoms with van der Waals surface area (Å²) < 4.78 is 84.1. The van der Waals surface area contributed by atoms with Crippen LogP contribution in [0, 0.1) is 0 Å². The van der Waals surface area contributed by atoms with Gasteiger partial charge in [0.05, 0.1) is 39.6 Å². The summed E-state index contributed by atoms with van der Waals surface area (Å²) >= 11 is 0. The van der Waals surface area contributed by atoms with Crippen molar-refractivity contribution in [1.29, 1.82) is 0 Å². The quantitative estimate of drug-likeness (QED) is 0.0798. The molecule has 5 N–H and O–H groups in total. The van der Waals surface area contributed by atoms with Crippen molar-refractivity contribution in [3.8, 4) is 0 Å². The topological polar surface area (TPSA) is 261 Å². The van der Waals surface area contributed by atoms with Crippen LogP contribution in [0.4, 0.5) is 0 Å². The van der Waals surface area contributed by atoms with E-state index < -0.39 is 90.0 Å². The van der Waals surface area contributed by atoms with Gasteiger partial charge in [-0.25, -0.2) is 13.9 Å². The largest absolute Gasteiger partial charge is 0.524 e. The van der Waals surface area contributed by atoms with E-state index in [1.54, 1.807) is 0 Å². The van der Waals surface area contributed by atoms with Crippen molar-refractivity contribution in [3.05, 3.63) is 141 Å². The molecule has 0 saturated carbocycles. The van der Waals surface area contributed by atoms with Crippen LogP contribution in [0.2, 0.25) is 0 Å². The van der Waals surface area contributed by atoms with Crippen LogP contribution in [0.25, 0.3) is 0 Å². The fraction of sp³-hybridized carbons (Fsp3) is 0.389. The second kappa shape index (κ2) is 19.7. The van der Waals surface area contributed by atoms with Gasteiger partial charge in [0.25, 0.3) is 5.56 Å². The number of H-pyrrole nitrogens is 1. The van der Waals surface area contributed by atoms with E-state index in [1.165, 1.54) is 0 Å². The number of nitrogens with zero attached hydrogens (tertiary/aromatic N) is 1. The molecule has 10 atom stereocenters. The van der Waals surface area contributed by atoms with E-state index in [0.717, 1.165) is 33.5 Å². The monoisotopic (exact) mass is 867 g/mol. The minimum Gasteiger partial charge on any atom is -0.387 e. The van der Waals surface area contributed by atoms with Crippen LogP contribution in [0.5, 0.6) is 0 Å². The number of nitrogens with one attached hydrogen (secondary N) is 1. The van der Waals surface area contributed by atoms with Crippen LogP contribution in [0.3, 0.4) is 0 Å². The van der Waals surface area contributed by atoms with Gasteiger partial charge < -0.3 is 38.8 Å². The number of aromatic amines is 1. The van der Waals surface area contributed by atoms with Crippen LogP contribution >= 0.6 is 23.7 Å². The zero-order valence-electron chi connectivity index (χ0n) is 30.6. The number of aliphatic hydroxyl groups is 2. The molecular weight excluding hydrogens is 825 g/mol. The SMILES string of the molecule is O=c1ccn([C@@H]2O[C@H](COP(=O)(O)OP(=O)(O)O[P+](=O)C[C@H]3OC[C@@](COCc4ccccc4)(OCc4ccccc4)[C@H]3OCc3ccccc3)[C@@H](O)[C@H]2O)c(=O)[nH]1. The molecule has 2 aliphatic rings. The smallest absolute Gasteiger partial charge is 0.387 e. The zero-order valence-corrected chi connectivity index (χ0v) is 33.3. The molecule has 0 aliphatic carbocycles. The van der Waals surface area contributed by atoms with Gasteiger partial charge in [0, 0.05) is 12.3 Å². The van der Waals surface area contributed by atoms with Crippen LogP contribution < -0.4 is 11.2 Å². The lowest BCUT2D eigenvalue weighted by molar-refractivity contribution is -0.169. The Morgan fingerprint density at radius 3 is 2.03 bits per heavy atom. The van der Waals surface area contributed by atoms with Crippen molar-refractivity contribution in [2.45, 2.75) is 62.2 Å². The summed E-state index contributed by atoms with van der Waals surface area (Å²) in [5.41, 5.74) is -0.453. The summed E-state index contributed by atoms with van der Waals surface area (Å²) in [5, 5.41) is 20.8. The first-order chi connectivity index (χ1) is 27.7. The number of aliphatic hydroxyl groups excluding tert-OH is 2. The van der Waals surface area contributed by atoms with Crippen molar-refractivity contribution >= 4 is 23.7 Å². The average molecular weight is 868 g/mol. The molecule has 1 aromatic heterocycles. The van der Waals surface area contributed by atoms with Crippen LogP contribution in [-0.4, -0.2) is 91.7 Å². The molecule has 0 bridgehead atoms. The molecule has 2 aliphatic heterocycles. The van der Waals surface area contributed by atoms with E-state index in [4.69, 9.17) is 32.5 Å². The number of rotatable bonds is 20. The first-order valence-corrected chi connectivity index (χ1v) is 22.1. The van der Waals surface area contributed by atoms with E-state index in [2.05, 4.69) is 4.31 Å². The van der Waals surface area contributed by atoms with E-state index in [0.29, 0.717) is 0 Å². The van der Waals surface area contributed by atoms with Gasteiger partial charge >= 0.3 is 29.4 Å². The van der Waals surface area contributed by atoms with Gasteiger partial charge in [-0.1, -0.05) is 91.0 Å². The van der Waals surface area contributed by atoms with Crippen LogP contribution in [0.15, 0.2) is 113 Å². The van der Waals surface area contributed by atoms with E-state index in [-0.39, 0.29) is 33.0 Å². The molecule has 0 amide bonds. The van der Waals surface area contributed by atoms with Gasteiger partial charge in [-0.15, -0.1) is 0 Å². The lowest BCUT2D eigenvalue weighted by Gasteiger charge is -2.34. The molecule has 3 aromatic carbocycles. The molecule has 2 saturated heterocycles. The van der Waals surface area contributed by atoms with Crippen molar-refractivity contribution < 1.29 is 70.5 Å². The standard InChI is InChI=1S/C36H41N2O17P3/c39-30-16-17-38(35(42)37-30)34-32(41)31(40)28(53-34)21-52-57(44,45)55-58(46,47)54-56(43)22-29-33(49-19-26-12-6-2-7-13-26)36(24-50-29,51-20-27-14-8-3-9-15-27)23-48-18-25-10-4-1-5-11-25/h1-17,28-29,31-34,40-41H,18-24H2,(H2-,37,39,42,44,45,46,47)/p+1/t28-,29-,31-,32-,33+,34-,36-/m1/s1. The molecule has 22 heteroatoms. The lowest BCUT2D eigenvalue weighted by atomic mass is 9.97. The molecule has 19 nitrogen and oxygen atoms in total. The van der Waals surface area contributed by atoms with Gasteiger partial charge in [-0.3, -0.25) is 23.8 Å². The Morgan fingerprint density at radius 2 is 1.41 bits per heavy atom. The van der Waals surface area contributed by atoms with Crippen molar-refractivity contribution in [2.24, 2.45) is 0 Å². The highest BCUT2D eigenvalue weighted by Gasteiger charge is 2.56. The minimum atomic E-state index is -5.61. The predicted octanol–water partition coefficient (Wildman–Crippen LogP) is 3.31. The number of ether oxygens (including phenoxy) is 5. The Bertz CT molecular complexity index is 2180. The maximum atomic E-state index is 13.3. The first-order valence-electron chi connectivity index (χ1n) is 17.8. The second-order valence-corrected chi connectivity index (χ2v) is 17.8. The van der Waals surface area contributed by atoms with Gasteiger partial charge in [0.15, 0.2) is 6.23 Å². The van der Waals surface area contributed by atoms with Crippen molar-refractivity contribution in [3.63, 3.8) is 0 Å². The summed E-state index contributed by atoms with van der Waals surface area (Å²) in [6.45, 7) is -0.714. The van der Waals surface area contributed by atoms with E-state index >= 15 is 0 Å². The second-order valence-electron chi connectivity index (χ2n) is 13.4. The van der Waals surface area contributed by atoms with E-state index in [9.17, 15) is 43.3 Å². The maximum absolute atomic E-state index is 13.3. The third-order valence-electron chi connectivity index (χ3n) is 9.09. The average Bonchev–Trinajstić information content (AvgIpc) is 3.67. The first kappa shape index (κ1) is 44.0. The predicted molar refractivity (Wildman–Crippen MR) is 202 cm³/mol. The number of phosphoric ester groups is 1. The molecule has 4 aromatic rings. The summed E-state index contributed by atoms with van der Waals surface area (Å²) in [6.07, 6.45) is -8.26. The van der Waals surface area contributed by atoms with Crippen LogP contribution in [0.1, 0.15) is 22.9 Å². The summed E-state index contributed by atoms with van der Waals surface area (Å²) in [6, 6.07) is 28.9. The lowest BCUT2D eigenvalue weighted by Crippen LogP contribution is -2.51. The molecule has 58 heavy (non-hydrogen) atoms. The minimum absolute atomic E-state index is 0.0340. The number of aromatic nitrogens is 2. The summed E-state index contributed by atoms with van der Waals surface area (Å²) in [5.74, 6) is 0. The summed E-state index contributed by atoms with van der Waals surface area (Å²) in [7, 11) is -14.3. The highest BCUT2D eigenvalue weighted by molar-refractivity contribution is 7.65. The highest BCUT2D eigenvalue weighted by Crippen LogP contribution is 2.64. The molecular formula is C36H42N2O17P3+. The molecule has 6 rings (SSSR count). The number of hydrogen-bond donors (Lipinski definition) is 5. The molecule has 312 valence electrons. The Labute approximate surface area is 332 Å². The van der Waals surface area contributed by atoms with Crippen LogP contribution in [-0.2, 0) is 70.3 Å². The van der Waals surface area contributed by atoms with Gasteiger partial charge in [0.1, 0.15) is 36.1 Å². The molecule has 0 radical (unpaired) electrons. The molecule has 3 heterocycles. The zero-order chi connectivity index (χ0) is 41.3. The Kier molecular flexibility index (Phi) is 14.9. The molecule has 3 unspecified atom stereocenters. The Hall–Kier alpha value is -3.58. The van der Waals surface area contributed by atoms with E-state index in [1.807, 2.05) is 96.0 Å². The number of hydrogen-bond acceptors (Lipinski definition) is 15. The normalized spacial score (nSPS) is 26.9. The van der Waals surface area contributed by atoms with Gasteiger partial charge in [-0.05, 0) is 25.6 Å². The number of phosphoric acid groups is 2. The third-order valence-corrected chi connectivity index (χ3v) is 13.4. The fourth-order valence-corrected chi connectivity index (χ4v) is 10.0.